The monoisotopic (exact) mass is 305 g/mol. The second-order valence-electron chi connectivity index (χ2n) is 5.41. The van der Waals surface area contributed by atoms with Crippen LogP contribution in [-0.2, 0) is 13.6 Å². The highest BCUT2D eigenvalue weighted by Crippen LogP contribution is 2.29. The molecule has 0 aromatic carbocycles. The van der Waals surface area contributed by atoms with Crippen molar-refractivity contribution in [3.8, 4) is 0 Å². The van der Waals surface area contributed by atoms with Crippen molar-refractivity contribution in [3.63, 3.8) is 0 Å². The lowest BCUT2D eigenvalue weighted by molar-refractivity contribution is 0.188. The third-order valence-electron chi connectivity index (χ3n) is 3.63. The molecular weight excluding hydrogens is 286 g/mol. The molecule has 1 aliphatic rings. The van der Waals surface area contributed by atoms with Gasteiger partial charge in [0, 0.05) is 18.0 Å². The van der Waals surface area contributed by atoms with Crippen molar-refractivity contribution in [2.24, 2.45) is 7.05 Å². The minimum Gasteiger partial charge on any atom is -0.328 e. The zero-order valence-corrected chi connectivity index (χ0v) is 13.0. The fourth-order valence-corrected chi connectivity index (χ4v) is 3.04. The third-order valence-corrected chi connectivity index (χ3v) is 4.49. The molecule has 2 heterocycles. The summed E-state index contributed by atoms with van der Waals surface area (Å²) in [5.74, 6) is 0.759. The van der Waals surface area contributed by atoms with Gasteiger partial charge in [0.05, 0.1) is 12.6 Å². The van der Waals surface area contributed by atoms with Crippen LogP contribution in [0.1, 0.15) is 36.5 Å². The number of carbonyl (C=O) groups excluding carboxylic acids is 1. The number of carbonyl (C=O) groups is 1. The first kappa shape index (κ1) is 14.1. The van der Waals surface area contributed by atoms with Crippen molar-refractivity contribution in [1.82, 2.24) is 25.0 Å². The fourth-order valence-electron chi connectivity index (χ4n) is 2.34. The van der Waals surface area contributed by atoms with Gasteiger partial charge >= 0.3 is 6.03 Å². The summed E-state index contributed by atoms with van der Waals surface area (Å²) in [6.45, 7) is 2.61. The lowest BCUT2D eigenvalue weighted by Crippen LogP contribution is -2.42. The van der Waals surface area contributed by atoms with Gasteiger partial charge in [-0.1, -0.05) is 6.07 Å². The van der Waals surface area contributed by atoms with Crippen LogP contribution in [0.15, 0.2) is 23.8 Å². The average molecular weight is 305 g/mol. The average Bonchev–Trinajstić information content (AvgIpc) is 2.98. The molecule has 112 valence electrons. The number of hydrogen-bond donors (Lipinski definition) is 1. The Labute approximate surface area is 127 Å². The number of aromatic nitrogens is 3. The molecule has 0 unspecified atom stereocenters. The summed E-state index contributed by atoms with van der Waals surface area (Å²) in [7, 11) is 1.88. The van der Waals surface area contributed by atoms with Gasteiger partial charge in [0.25, 0.3) is 0 Å². The van der Waals surface area contributed by atoms with E-state index in [1.807, 2.05) is 34.9 Å². The molecular formula is C14H19N5OS. The van der Waals surface area contributed by atoms with E-state index in [4.69, 9.17) is 0 Å². The molecule has 0 aliphatic heterocycles. The fraction of sp³-hybridized carbons (Fsp3) is 0.500. The predicted octanol–water partition coefficient (Wildman–Crippen LogP) is 2.31. The molecule has 3 rings (SSSR count). The first-order valence-electron chi connectivity index (χ1n) is 7.08. The van der Waals surface area contributed by atoms with Crippen molar-refractivity contribution in [2.45, 2.75) is 38.4 Å². The molecule has 6 nitrogen and oxygen atoms in total. The quantitative estimate of drug-likeness (QED) is 0.922. The van der Waals surface area contributed by atoms with Gasteiger partial charge in [-0.25, -0.2) is 4.79 Å². The number of nitrogens with one attached hydrogen (secondary N) is 1. The smallest absolute Gasteiger partial charge is 0.318 e. The summed E-state index contributed by atoms with van der Waals surface area (Å²) in [6, 6.07) is 4.28. The van der Waals surface area contributed by atoms with Crippen LogP contribution in [0.3, 0.4) is 0 Å². The van der Waals surface area contributed by atoms with E-state index in [0.29, 0.717) is 12.6 Å². The van der Waals surface area contributed by atoms with E-state index in [1.54, 1.807) is 17.7 Å². The lowest BCUT2D eigenvalue weighted by atomic mass is 10.3. The molecule has 0 spiro atoms. The molecule has 1 fully saturated rings. The van der Waals surface area contributed by atoms with Gasteiger partial charge in [-0.05, 0) is 31.2 Å². The van der Waals surface area contributed by atoms with Crippen LogP contribution in [0.4, 0.5) is 4.79 Å². The summed E-state index contributed by atoms with van der Waals surface area (Å²) in [6.07, 6.45) is 3.83. The molecule has 2 aromatic rings. The molecule has 21 heavy (non-hydrogen) atoms. The van der Waals surface area contributed by atoms with Crippen molar-refractivity contribution < 1.29 is 4.79 Å². The number of amides is 2. The van der Waals surface area contributed by atoms with Crippen LogP contribution in [0.25, 0.3) is 0 Å². The minimum absolute atomic E-state index is 0.0265. The number of urea groups is 1. The van der Waals surface area contributed by atoms with E-state index in [0.717, 1.165) is 18.7 Å². The first-order valence-corrected chi connectivity index (χ1v) is 7.96. The summed E-state index contributed by atoms with van der Waals surface area (Å²) >= 11 is 1.68. The first-order chi connectivity index (χ1) is 10.1. The van der Waals surface area contributed by atoms with Crippen LogP contribution in [0.5, 0.6) is 0 Å². The highest BCUT2D eigenvalue weighted by Gasteiger charge is 2.33. The zero-order valence-electron chi connectivity index (χ0n) is 12.2. The lowest BCUT2D eigenvalue weighted by Gasteiger charge is -2.24. The Kier molecular flexibility index (Phi) is 3.92. The molecule has 1 aliphatic carbocycles. The molecule has 1 N–H and O–H groups in total. The zero-order chi connectivity index (χ0) is 14.8. The van der Waals surface area contributed by atoms with Crippen molar-refractivity contribution in [3.05, 3.63) is 34.5 Å². The Morgan fingerprint density at radius 1 is 1.62 bits per heavy atom. The summed E-state index contributed by atoms with van der Waals surface area (Å²) in [5, 5.41) is 13.0. The van der Waals surface area contributed by atoms with Crippen molar-refractivity contribution >= 4 is 17.4 Å². The molecule has 0 saturated heterocycles. The Balaban J connectivity index is 1.66. The molecule has 7 heteroatoms. The summed E-state index contributed by atoms with van der Waals surface area (Å²) < 4.78 is 1.83. The van der Waals surface area contributed by atoms with Gasteiger partial charge in [0.1, 0.15) is 6.33 Å². The largest absolute Gasteiger partial charge is 0.328 e. The van der Waals surface area contributed by atoms with Gasteiger partial charge in [-0.3, -0.25) is 0 Å². The molecule has 2 amide bonds. The van der Waals surface area contributed by atoms with Crippen LogP contribution in [0.2, 0.25) is 0 Å². The van der Waals surface area contributed by atoms with Crippen LogP contribution in [0, 0.1) is 0 Å². The number of thiophene rings is 1. The second-order valence-corrected chi connectivity index (χ2v) is 6.44. The topological polar surface area (TPSA) is 63.1 Å². The Bertz CT molecular complexity index is 605. The highest BCUT2D eigenvalue weighted by atomic mass is 32.1. The van der Waals surface area contributed by atoms with E-state index in [9.17, 15) is 4.79 Å². The SMILES string of the molecule is C[C@@H](NC(=O)N(Cc1cccs1)C1CC1)c1nncn1C. The van der Waals surface area contributed by atoms with Gasteiger partial charge in [0.15, 0.2) is 5.82 Å². The summed E-state index contributed by atoms with van der Waals surface area (Å²) in [5.41, 5.74) is 0. The van der Waals surface area contributed by atoms with E-state index in [1.165, 1.54) is 4.88 Å². The highest BCUT2D eigenvalue weighted by molar-refractivity contribution is 7.09. The van der Waals surface area contributed by atoms with Gasteiger partial charge in [0.2, 0.25) is 0 Å². The molecule has 0 radical (unpaired) electrons. The Morgan fingerprint density at radius 3 is 3.00 bits per heavy atom. The van der Waals surface area contributed by atoms with Crippen molar-refractivity contribution in [1.29, 1.82) is 0 Å². The Hall–Kier alpha value is -1.89. The van der Waals surface area contributed by atoms with E-state index in [-0.39, 0.29) is 12.1 Å². The maximum atomic E-state index is 12.5. The third kappa shape index (κ3) is 3.24. The van der Waals surface area contributed by atoms with Crippen LogP contribution < -0.4 is 5.32 Å². The normalized spacial score (nSPS) is 15.7. The number of aryl methyl sites for hydroxylation is 1. The molecule has 1 saturated carbocycles. The maximum Gasteiger partial charge on any atom is 0.318 e. The second kappa shape index (κ2) is 5.85. The number of hydrogen-bond acceptors (Lipinski definition) is 4. The van der Waals surface area contributed by atoms with E-state index in [2.05, 4.69) is 21.6 Å². The van der Waals surface area contributed by atoms with Gasteiger partial charge in [-0.2, -0.15) is 0 Å². The maximum absolute atomic E-state index is 12.5. The number of nitrogens with zero attached hydrogens (tertiary/aromatic N) is 4. The van der Waals surface area contributed by atoms with Gasteiger partial charge < -0.3 is 14.8 Å². The summed E-state index contributed by atoms with van der Waals surface area (Å²) in [4.78, 5) is 15.7. The van der Waals surface area contributed by atoms with E-state index >= 15 is 0 Å². The van der Waals surface area contributed by atoms with Gasteiger partial charge in [-0.15, -0.1) is 21.5 Å². The number of rotatable bonds is 5. The Morgan fingerprint density at radius 2 is 2.43 bits per heavy atom. The molecule has 2 aromatic heterocycles. The molecule has 1 atom stereocenters. The molecule has 0 bridgehead atoms. The van der Waals surface area contributed by atoms with Crippen LogP contribution >= 0.6 is 11.3 Å². The van der Waals surface area contributed by atoms with E-state index < -0.39 is 0 Å². The minimum atomic E-state index is -0.158. The predicted molar refractivity (Wildman–Crippen MR) is 80.8 cm³/mol. The standard InChI is InChI=1S/C14H19N5OS/c1-10(13-17-15-9-18(13)2)16-14(20)19(11-5-6-11)8-12-4-3-7-21-12/h3-4,7,9-11H,5-6,8H2,1-2H3,(H,16,20)/t10-/m1/s1. The van der Waals surface area contributed by atoms with Crippen LogP contribution in [-0.4, -0.2) is 31.7 Å². The van der Waals surface area contributed by atoms with Crippen molar-refractivity contribution in [2.75, 3.05) is 0 Å².